The zero-order chi connectivity index (χ0) is 31.1. The fraction of sp³-hybridized carbons (Fsp3) is 0.400. The predicted molar refractivity (Wildman–Crippen MR) is 155 cm³/mol. The Bertz CT molecular complexity index is 1510. The van der Waals surface area contributed by atoms with E-state index in [1.54, 1.807) is 17.0 Å². The van der Waals surface area contributed by atoms with E-state index in [1.807, 2.05) is 32.8 Å². The molecule has 5 rings (SSSR count). The number of nitrogens with one attached hydrogen (secondary N) is 1. The van der Waals surface area contributed by atoms with E-state index >= 15 is 8.78 Å². The average Bonchev–Trinajstić information content (AvgIpc) is 2.93. The van der Waals surface area contributed by atoms with Gasteiger partial charge in [-0.05, 0) is 71.1 Å². The van der Waals surface area contributed by atoms with Gasteiger partial charge in [0, 0.05) is 42.1 Å². The van der Waals surface area contributed by atoms with Crippen LogP contribution in [0.2, 0.25) is 0 Å². The van der Waals surface area contributed by atoms with Crippen molar-refractivity contribution in [3.05, 3.63) is 60.4 Å². The van der Waals surface area contributed by atoms with Crippen LogP contribution in [0.5, 0.6) is 11.5 Å². The second-order valence-electron chi connectivity index (χ2n) is 11.1. The molecule has 0 radical (unpaired) electrons. The third kappa shape index (κ3) is 6.61. The number of fused-ring (bicyclic) bond motifs is 1. The summed E-state index contributed by atoms with van der Waals surface area (Å²) in [6.07, 6.45) is -2.40. The van der Waals surface area contributed by atoms with Gasteiger partial charge in [0.15, 0.2) is 17.3 Å². The zero-order valence-electron chi connectivity index (χ0n) is 24.3. The first kappa shape index (κ1) is 30.3. The van der Waals surface area contributed by atoms with Crippen molar-refractivity contribution in [3.63, 3.8) is 0 Å². The maximum atomic E-state index is 15.2. The summed E-state index contributed by atoms with van der Waals surface area (Å²) in [5.41, 5.74) is 1.27. The largest absolute Gasteiger partial charge is 0.573 e. The van der Waals surface area contributed by atoms with Crippen LogP contribution in [-0.2, 0) is 0 Å². The number of aromatic nitrogens is 2. The molecule has 13 heteroatoms. The van der Waals surface area contributed by atoms with Gasteiger partial charge in [-0.1, -0.05) is 6.58 Å². The summed E-state index contributed by atoms with van der Waals surface area (Å²) in [5.74, 6) is -2.16. The van der Waals surface area contributed by atoms with Crippen LogP contribution in [-0.4, -0.2) is 67.1 Å². The Balaban J connectivity index is 1.47. The molecule has 2 aliphatic heterocycles. The first-order chi connectivity index (χ1) is 20.3. The van der Waals surface area contributed by atoms with Crippen LogP contribution in [0.15, 0.2) is 48.8 Å². The number of nitrogens with zero attached hydrogens (tertiary/aromatic N) is 5. The van der Waals surface area contributed by atoms with Crippen molar-refractivity contribution in [2.45, 2.75) is 45.1 Å². The van der Waals surface area contributed by atoms with E-state index in [-0.39, 0.29) is 41.3 Å². The van der Waals surface area contributed by atoms with Crippen molar-refractivity contribution in [1.82, 2.24) is 14.9 Å². The summed E-state index contributed by atoms with van der Waals surface area (Å²) in [4.78, 5) is 14.1. The fourth-order valence-electron chi connectivity index (χ4n) is 5.51. The highest BCUT2D eigenvalue weighted by atomic mass is 19.4. The average molecular weight is 605 g/mol. The monoisotopic (exact) mass is 604 g/mol. The van der Waals surface area contributed by atoms with E-state index in [1.165, 1.54) is 12.1 Å². The van der Waals surface area contributed by atoms with Gasteiger partial charge in [-0.2, -0.15) is 0 Å². The SMILES string of the molecule is C=C1COc2c(F)cc(-c3nc(Nc4ccc(N5CCC(N(C)C)CC5)c(F)c4)ncc3OC(F)(F)F)cc2N1C(C)C. The number of hydrogen-bond acceptors (Lipinski definition) is 8. The van der Waals surface area contributed by atoms with Gasteiger partial charge >= 0.3 is 6.36 Å². The summed E-state index contributed by atoms with van der Waals surface area (Å²) in [7, 11) is 4.06. The molecule has 3 aromatic rings. The summed E-state index contributed by atoms with van der Waals surface area (Å²) in [6.45, 7) is 9.18. The van der Waals surface area contributed by atoms with Crippen LogP contribution in [0.3, 0.4) is 0 Å². The molecule has 0 saturated carbocycles. The lowest BCUT2D eigenvalue weighted by Crippen LogP contribution is -2.42. The Hall–Kier alpha value is -4.13. The standard InChI is InChI=1S/C30H33F5N6O2/c1-17(2)41-18(3)16-42-28-23(32)12-19(13-25(28)41)27-26(43-30(33,34)35)15-36-29(38-27)37-20-6-7-24(22(31)14-20)40-10-8-21(9-11-40)39(4)5/h6-7,12-15,17,21H,3,8-11,16H2,1-2,4-5H3,(H,36,37,38). The van der Waals surface area contributed by atoms with E-state index in [2.05, 4.69) is 31.5 Å². The van der Waals surface area contributed by atoms with Gasteiger partial charge in [0.2, 0.25) is 5.95 Å². The van der Waals surface area contributed by atoms with Crippen LogP contribution in [0, 0.1) is 11.6 Å². The first-order valence-corrected chi connectivity index (χ1v) is 13.8. The molecule has 230 valence electrons. The minimum absolute atomic E-state index is 0.00689. The van der Waals surface area contributed by atoms with Crippen LogP contribution in [0.25, 0.3) is 11.3 Å². The molecule has 0 amide bonds. The number of alkyl halides is 3. The molecular formula is C30H33F5N6O2. The predicted octanol–water partition coefficient (Wildman–Crippen LogP) is 6.72. The Kier molecular flexibility index (Phi) is 8.37. The lowest BCUT2D eigenvalue weighted by molar-refractivity contribution is -0.274. The number of halogens is 5. The van der Waals surface area contributed by atoms with E-state index in [0.29, 0.717) is 36.2 Å². The number of hydrogen-bond donors (Lipinski definition) is 1. The fourth-order valence-corrected chi connectivity index (χ4v) is 5.51. The lowest BCUT2D eigenvalue weighted by atomic mass is 10.0. The maximum absolute atomic E-state index is 15.2. The summed E-state index contributed by atoms with van der Waals surface area (Å²) < 4.78 is 80.0. The minimum atomic E-state index is -5.05. The number of benzene rings is 2. The van der Waals surface area contributed by atoms with Gasteiger partial charge in [-0.3, -0.25) is 0 Å². The van der Waals surface area contributed by atoms with Gasteiger partial charge in [0.05, 0.1) is 17.6 Å². The molecule has 0 aliphatic carbocycles. The zero-order valence-corrected chi connectivity index (χ0v) is 24.3. The van der Waals surface area contributed by atoms with Gasteiger partial charge in [0.1, 0.15) is 18.1 Å². The maximum Gasteiger partial charge on any atom is 0.573 e. The molecule has 0 spiro atoms. The van der Waals surface area contributed by atoms with Crippen molar-refractivity contribution in [3.8, 4) is 22.8 Å². The van der Waals surface area contributed by atoms with E-state index < -0.39 is 23.7 Å². The molecule has 1 fully saturated rings. The van der Waals surface area contributed by atoms with Crippen LogP contribution in [0.4, 0.5) is 45.0 Å². The normalized spacial score (nSPS) is 16.0. The molecule has 0 unspecified atom stereocenters. The van der Waals surface area contributed by atoms with E-state index in [9.17, 15) is 13.2 Å². The third-order valence-electron chi connectivity index (χ3n) is 7.52. The molecule has 0 atom stereocenters. The van der Waals surface area contributed by atoms with Gasteiger partial charge in [0.25, 0.3) is 0 Å². The van der Waals surface area contributed by atoms with Crippen LogP contribution >= 0.6 is 0 Å². The third-order valence-corrected chi connectivity index (χ3v) is 7.52. The second kappa shape index (κ2) is 11.9. The molecule has 8 nitrogen and oxygen atoms in total. The Labute approximate surface area is 246 Å². The van der Waals surface area contributed by atoms with Crippen molar-refractivity contribution < 1.29 is 31.4 Å². The molecule has 1 N–H and O–H groups in total. The highest BCUT2D eigenvalue weighted by molar-refractivity contribution is 5.77. The van der Waals surface area contributed by atoms with Crippen molar-refractivity contribution in [1.29, 1.82) is 0 Å². The molecule has 2 aliphatic rings. The van der Waals surface area contributed by atoms with E-state index in [0.717, 1.165) is 25.1 Å². The Morgan fingerprint density at radius 2 is 1.79 bits per heavy atom. The van der Waals surface area contributed by atoms with Crippen molar-refractivity contribution >= 4 is 23.0 Å². The molecule has 1 saturated heterocycles. The topological polar surface area (TPSA) is 66.0 Å². The summed E-state index contributed by atoms with van der Waals surface area (Å²) in [5, 5.41) is 2.84. The number of ether oxygens (including phenoxy) is 2. The quantitative estimate of drug-likeness (QED) is 0.299. The smallest absolute Gasteiger partial charge is 0.482 e. The molecule has 2 aromatic carbocycles. The first-order valence-electron chi connectivity index (χ1n) is 13.8. The van der Waals surface area contributed by atoms with Crippen LogP contribution in [0.1, 0.15) is 26.7 Å². The van der Waals surface area contributed by atoms with Crippen molar-refractivity contribution in [2.75, 3.05) is 48.9 Å². The van der Waals surface area contributed by atoms with Crippen molar-refractivity contribution in [2.24, 2.45) is 0 Å². The van der Waals surface area contributed by atoms with E-state index in [4.69, 9.17) is 4.74 Å². The highest BCUT2D eigenvalue weighted by Gasteiger charge is 2.34. The van der Waals surface area contributed by atoms with Gasteiger partial charge < -0.3 is 29.5 Å². The molecular weight excluding hydrogens is 571 g/mol. The summed E-state index contributed by atoms with van der Waals surface area (Å²) in [6, 6.07) is 7.35. The second-order valence-corrected chi connectivity index (χ2v) is 11.1. The Morgan fingerprint density at radius 3 is 2.42 bits per heavy atom. The Morgan fingerprint density at radius 1 is 1.07 bits per heavy atom. The molecule has 1 aromatic heterocycles. The number of rotatable bonds is 7. The molecule has 0 bridgehead atoms. The van der Waals surface area contributed by atoms with Gasteiger partial charge in [-0.15, -0.1) is 13.2 Å². The molecule has 3 heterocycles. The van der Waals surface area contributed by atoms with Gasteiger partial charge in [-0.25, -0.2) is 18.7 Å². The summed E-state index contributed by atoms with van der Waals surface area (Å²) >= 11 is 0. The highest BCUT2D eigenvalue weighted by Crippen LogP contribution is 2.43. The van der Waals surface area contributed by atoms with Crippen LogP contribution < -0.4 is 24.6 Å². The molecule has 43 heavy (non-hydrogen) atoms. The number of piperidine rings is 1. The number of anilines is 4. The lowest BCUT2D eigenvalue weighted by Gasteiger charge is -2.36. The minimum Gasteiger partial charge on any atom is -0.482 e.